The molecule has 2 aromatic carbocycles. The molecule has 0 radical (unpaired) electrons. The Bertz CT molecular complexity index is 677. The van der Waals surface area contributed by atoms with Crippen molar-refractivity contribution in [2.75, 3.05) is 6.61 Å². The first-order valence-corrected chi connectivity index (χ1v) is 8.06. The van der Waals surface area contributed by atoms with Crippen molar-refractivity contribution in [3.05, 3.63) is 65.7 Å². The number of carbonyl (C=O) groups is 1. The molecular weight excluding hydrogens is 304 g/mol. The van der Waals surface area contributed by atoms with Crippen LogP contribution in [0.15, 0.2) is 54.6 Å². The topological polar surface area (TPSA) is 66.8 Å². The highest BCUT2D eigenvalue weighted by atomic mass is 16.5. The van der Waals surface area contributed by atoms with E-state index in [1.165, 1.54) is 29.8 Å². The summed E-state index contributed by atoms with van der Waals surface area (Å²) < 4.78 is 5.13. The van der Waals surface area contributed by atoms with E-state index < -0.39 is 5.97 Å². The first-order valence-electron chi connectivity index (χ1n) is 8.06. The summed E-state index contributed by atoms with van der Waals surface area (Å²) in [7, 11) is 0. The lowest BCUT2D eigenvalue weighted by Gasteiger charge is -2.03. The van der Waals surface area contributed by atoms with Crippen molar-refractivity contribution in [3.8, 4) is 11.5 Å². The van der Waals surface area contributed by atoms with Gasteiger partial charge in [0, 0.05) is 6.08 Å². The fourth-order valence-corrected chi connectivity index (χ4v) is 2.28. The number of carbonyl (C=O) groups excluding carboxylic acids is 1. The van der Waals surface area contributed by atoms with E-state index in [9.17, 15) is 15.0 Å². The van der Waals surface area contributed by atoms with Gasteiger partial charge in [0.25, 0.3) is 0 Å². The Labute approximate surface area is 142 Å². The third kappa shape index (κ3) is 6.16. The van der Waals surface area contributed by atoms with E-state index in [4.69, 9.17) is 4.74 Å². The van der Waals surface area contributed by atoms with Crippen LogP contribution < -0.4 is 0 Å². The van der Waals surface area contributed by atoms with Crippen molar-refractivity contribution in [1.29, 1.82) is 0 Å². The van der Waals surface area contributed by atoms with E-state index in [1.54, 1.807) is 6.07 Å². The third-order valence-electron chi connectivity index (χ3n) is 3.61. The lowest BCUT2D eigenvalue weighted by atomic mass is 10.1. The van der Waals surface area contributed by atoms with Crippen LogP contribution in [-0.2, 0) is 16.0 Å². The Hall–Kier alpha value is -2.75. The second kappa shape index (κ2) is 9.40. The van der Waals surface area contributed by atoms with Crippen LogP contribution in [0, 0.1) is 0 Å². The van der Waals surface area contributed by atoms with Crippen molar-refractivity contribution >= 4 is 12.0 Å². The Morgan fingerprint density at radius 1 is 0.958 bits per heavy atom. The van der Waals surface area contributed by atoms with Gasteiger partial charge in [-0.25, -0.2) is 4.79 Å². The third-order valence-corrected chi connectivity index (χ3v) is 3.61. The summed E-state index contributed by atoms with van der Waals surface area (Å²) in [6.07, 6.45) is 6.82. The van der Waals surface area contributed by atoms with Gasteiger partial charge < -0.3 is 14.9 Å². The monoisotopic (exact) mass is 326 g/mol. The van der Waals surface area contributed by atoms with Crippen molar-refractivity contribution in [3.63, 3.8) is 0 Å². The lowest BCUT2D eigenvalue weighted by Crippen LogP contribution is -2.02. The maximum absolute atomic E-state index is 11.6. The van der Waals surface area contributed by atoms with Crippen LogP contribution in [0.3, 0.4) is 0 Å². The molecule has 24 heavy (non-hydrogen) atoms. The largest absolute Gasteiger partial charge is 0.504 e. The van der Waals surface area contributed by atoms with Crippen molar-refractivity contribution in [2.24, 2.45) is 0 Å². The molecule has 0 aliphatic carbocycles. The molecule has 0 fully saturated rings. The van der Waals surface area contributed by atoms with E-state index in [0.29, 0.717) is 12.2 Å². The summed E-state index contributed by atoms with van der Waals surface area (Å²) in [4.78, 5) is 11.6. The minimum absolute atomic E-state index is 0.190. The second-order valence-corrected chi connectivity index (χ2v) is 5.55. The molecule has 0 saturated heterocycles. The van der Waals surface area contributed by atoms with Gasteiger partial charge in [-0.15, -0.1) is 0 Å². The number of phenolic OH excluding ortho intramolecular Hbond substituents is 2. The number of hydrogen-bond acceptors (Lipinski definition) is 4. The fourth-order valence-electron chi connectivity index (χ4n) is 2.28. The van der Waals surface area contributed by atoms with E-state index in [2.05, 4.69) is 12.1 Å². The summed E-state index contributed by atoms with van der Waals surface area (Å²) >= 11 is 0. The summed E-state index contributed by atoms with van der Waals surface area (Å²) in [5.74, 6) is -0.820. The zero-order valence-corrected chi connectivity index (χ0v) is 13.5. The maximum atomic E-state index is 11.6. The number of aryl methyl sites for hydroxylation is 1. The molecule has 0 amide bonds. The van der Waals surface area contributed by atoms with Crippen LogP contribution in [0.5, 0.6) is 11.5 Å². The molecule has 0 unspecified atom stereocenters. The van der Waals surface area contributed by atoms with Gasteiger partial charge in [-0.2, -0.15) is 0 Å². The summed E-state index contributed by atoms with van der Waals surface area (Å²) in [5.41, 5.74) is 1.94. The van der Waals surface area contributed by atoms with Crippen LogP contribution in [0.25, 0.3) is 6.08 Å². The quantitative estimate of drug-likeness (QED) is 0.332. The Morgan fingerprint density at radius 2 is 1.75 bits per heavy atom. The summed E-state index contributed by atoms with van der Waals surface area (Å²) in [6.45, 7) is 0.402. The van der Waals surface area contributed by atoms with Crippen LogP contribution >= 0.6 is 0 Å². The minimum atomic E-state index is -0.411. The van der Waals surface area contributed by atoms with Crippen molar-refractivity contribution < 1.29 is 19.7 Å². The van der Waals surface area contributed by atoms with Crippen LogP contribution in [0.1, 0.15) is 30.4 Å². The van der Waals surface area contributed by atoms with Gasteiger partial charge in [0.15, 0.2) is 11.5 Å². The molecule has 2 aromatic rings. The SMILES string of the molecule is O=C(/C=C/c1ccc(O)c(O)c1)OCCCCCc1ccccc1. The molecule has 126 valence electrons. The highest BCUT2D eigenvalue weighted by Gasteiger charge is 2.00. The van der Waals surface area contributed by atoms with Gasteiger partial charge in [-0.05, 0) is 55.0 Å². The van der Waals surface area contributed by atoms with E-state index in [1.807, 2.05) is 18.2 Å². The Kier molecular flexibility index (Phi) is 6.90. The van der Waals surface area contributed by atoms with Gasteiger partial charge in [0.2, 0.25) is 0 Å². The first-order chi connectivity index (χ1) is 11.6. The molecule has 0 atom stereocenters. The second-order valence-electron chi connectivity index (χ2n) is 5.55. The molecule has 0 bridgehead atoms. The number of hydrogen-bond donors (Lipinski definition) is 2. The van der Waals surface area contributed by atoms with Gasteiger partial charge in [0.05, 0.1) is 6.61 Å². The number of ether oxygens (including phenoxy) is 1. The predicted octanol–water partition coefficient (Wildman–Crippen LogP) is 4.07. The minimum Gasteiger partial charge on any atom is -0.504 e. The molecule has 2 N–H and O–H groups in total. The smallest absolute Gasteiger partial charge is 0.330 e. The fraction of sp³-hybridized carbons (Fsp3) is 0.250. The summed E-state index contributed by atoms with van der Waals surface area (Å²) in [6, 6.07) is 14.7. The molecule has 0 aromatic heterocycles. The number of benzene rings is 2. The number of unbranched alkanes of at least 4 members (excludes halogenated alkanes) is 2. The van der Waals surface area contributed by atoms with Gasteiger partial charge in [-0.3, -0.25) is 0 Å². The van der Waals surface area contributed by atoms with E-state index in [0.717, 1.165) is 25.7 Å². The predicted molar refractivity (Wildman–Crippen MR) is 93.8 cm³/mol. The van der Waals surface area contributed by atoms with Crippen LogP contribution in [-0.4, -0.2) is 22.8 Å². The molecule has 2 rings (SSSR count). The Balaban J connectivity index is 1.61. The highest BCUT2D eigenvalue weighted by molar-refractivity contribution is 5.87. The Morgan fingerprint density at radius 3 is 2.50 bits per heavy atom. The molecule has 4 heteroatoms. The average molecular weight is 326 g/mol. The van der Waals surface area contributed by atoms with Gasteiger partial charge >= 0.3 is 5.97 Å². The van der Waals surface area contributed by atoms with E-state index >= 15 is 0 Å². The lowest BCUT2D eigenvalue weighted by molar-refractivity contribution is -0.137. The zero-order chi connectivity index (χ0) is 17.2. The van der Waals surface area contributed by atoms with Crippen molar-refractivity contribution in [2.45, 2.75) is 25.7 Å². The highest BCUT2D eigenvalue weighted by Crippen LogP contribution is 2.25. The van der Waals surface area contributed by atoms with Gasteiger partial charge in [0.1, 0.15) is 0 Å². The molecule has 0 aliphatic rings. The molecule has 0 aliphatic heterocycles. The number of phenols is 2. The molecule has 0 saturated carbocycles. The van der Waals surface area contributed by atoms with Gasteiger partial charge in [-0.1, -0.05) is 36.4 Å². The number of aromatic hydroxyl groups is 2. The number of rotatable bonds is 8. The number of esters is 1. The normalized spacial score (nSPS) is 10.8. The molecule has 4 nitrogen and oxygen atoms in total. The van der Waals surface area contributed by atoms with Crippen molar-refractivity contribution in [1.82, 2.24) is 0 Å². The van der Waals surface area contributed by atoms with Crippen LogP contribution in [0.2, 0.25) is 0 Å². The molecule has 0 heterocycles. The standard InChI is InChI=1S/C20H22O4/c21-18-12-10-17(15-19(18)22)11-13-20(23)24-14-6-2-5-9-16-7-3-1-4-8-16/h1,3-4,7-8,10-13,15,21-22H,2,5-6,9,14H2/b13-11+. The average Bonchev–Trinajstić information content (AvgIpc) is 2.60. The first kappa shape index (κ1) is 17.6. The van der Waals surface area contributed by atoms with Crippen LogP contribution in [0.4, 0.5) is 0 Å². The van der Waals surface area contributed by atoms with E-state index in [-0.39, 0.29) is 11.5 Å². The molecule has 0 spiro atoms. The molecular formula is C20H22O4. The zero-order valence-electron chi connectivity index (χ0n) is 13.5. The maximum Gasteiger partial charge on any atom is 0.330 e. The summed E-state index contributed by atoms with van der Waals surface area (Å²) in [5, 5.41) is 18.6.